The molecule has 264 valence electrons. The van der Waals surface area contributed by atoms with E-state index >= 15 is 0 Å². The molecule has 5 heteroatoms. The van der Waals surface area contributed by atoms with Gasteiger partial charge in [0.1, 0.15) is 0 Å². The highest BCUT2D eigenvalue weighted by atomic mass is 32.9. The number of benzene rings is 1. The monoisotopic (exact) mass is 682 g/mol. The van der Waals surface area contributed by atoms with Gasteiger partial charge in [-0.1, -0.05) is 206 Å². The summed E-state index contributed by atoms with van der Waals surface area (Å²) >= 11 is 6.08. The summed E-state index contributed by atoms with van der Waals surface area (Å²) in [6.07, 6.45) is 43.8. The summed E-state index contributed by atoms with van der Waals surface area (Å²) in [5.74, 6) is 0. The lowest BCUT2D eigenvalue weighted by atomic mass is 9.99. The molecule has 0 bridgehead atoms. The van der Waals surface area contributed by atoms with Crippen LogP contribution in [0.1, 0.15) is 218 Å². The number of aryl methyl sites for hydroxylation is 2. The highest BCUT2D eigenvalue weighted by molar-refractivity contribution is 8.67. The van der Waals surface area contributed by atoms with E-state index in [0.717, 1.165) is 29.1 Å². The van der Waals surface area contributed by atoms with Crippen LogP contribution in [0.3, 0.4) is 0 Å². The van der Waals surface area contributed by atoms with E-state index in [-0.39, 0.29) is 0 Å². The second-order valence-corrected chi connectivity index (χ2v) is 19.8. The Labute approximate surface area is 291 Å². The molecule has 0 aromatic heterocycles. The van der Waals surface area contributed by atoms with Crippen LogP contribution in [0.25, 0.3) is 0 Å². The molecule has 0 saturated heterocycles. The quantitative estimate of drug-likeness (QED) is 0.0561. The van der Waals surface area contributed by atoms with Gasteiger partial charge in [-0.05, 0) is 66.1 Å². The third-order valence-corrected chi connectivity index (χ3v) is 12.3. The number of unbranched alkanes of at least 4 members (excludes halogenated alkanes) is 28. The lowest BCUT2D eigenvalue weighted by molar-refractivity contribution is 0.502. The normalized spacial score (nSPS) is 11.9. The summed E-state index contributed by atoms with van der Waals surface area (Å²) < 4.78 is 0. The van der Waals surface area contributed by atoms with Crippen LogP contribution >= 0.6 is 17.1 Å². The zero-order chi connectivity index (χ0) is 32.7. The van der Waals surface area contributed by atoms with Crippen molar-refractivity contribution in [2.45, 2.75) is 224 Å². The minimum atomic E-state index is -3.31. The molecule has 0 aliphatic carbocycles. The van der Waals surface area contributed by atoms with Gasteiger partial charge < -0.3 is 9.79 Å². The maximum Gasteiger partial charge on any atom is 0.246 e. The highest BCUT2D eigenvalue weighted by Crippen LogP contribution is 2.55. The SMILES string of the molecule is CCCCCCCCCCCCCCCCCc1ccc(SP(O)(O)=S)c(CCCCCCCCCCCCCCCCC)c1. The van der Waals surface area contributed by atoms with E-state index in [1.54, 1.807) is 0 Å². The molecule has 0 amide bonds. The van der Waals surface area contributed by atoms with E-state index in [0.29, 0.717) is 0 Å². The van der Waals surface area contributed by atoms with Crippen molar-refractivity contribution in [3.63, 3.8) is 0 Å². The Kier molecular flexibility index (Phi) is 30.1. The van der Waals surface area contributed by atoms with Gasteiger partial charge in [-0.2, -0.15) is 0 Å². The van der Waals surface area contributed by atoms with Crippen LogP contribution in [-0.4, -0.2) is 9.79 Å². The lowest BCUT2D eigenvalue weighted by Crippen LogP contribution is -1.94. The Hall–Kier alpha value is 0.140. The molecule has 0 atom stereocenters. The molecule has 1 rings (SSSR count). The first-order valence-electron chi connectivity index (χ1n) is 19.8. The molecule has 1 aromatic carbocycles. The third-order valence-electron chi connectivity index (χ3n) is 9.46. The third kappa shape index (κ3) is 28.8. The highest BCUT2D eigenvalue weighted by Gasteiger charge is 2.14. The van der Waals surface area contributed by atoms with E-state index in [1.165, 1.54) is 204 Å². The van der Waals surface area contributed by atoms with Crippen LogP contribution in [0.2, 0.25) is 0 Å². The molecule has 0 spiro atoms. The van der Waals surface area contributed by atoms with Crippen LogP contribution < -0.4 is 0 Å². The fourth-order valence-electron chi connectivity index (χ4n) is 6.59. The Morgan fingerprint density at radius 2 is 0.778 bits per heavy atom. The maximum absolute atomic E-state index is 9.97. The van der Waals surface area contributed by atoms with Crippen molar-refractivity contribution < 1.29 is 9.79 Å². The molecule has 0 radical (unpaired) electrons. The number of hydrogen-bond donors (Lipinski definition) is 2. The standard InChI is InChI=1S/C40H75O2PS2/c1-3-5-7-9-11-13-15-17-19-21-23-25-27-29-31-33-38-35-36-40(45-43(41,42)44)39(37-38)34-32-30-28-26-24-22-20-18-16-14-12-10-8-6-4-2/h35-37H,3-34H2,1-2H3,(H2,41,42,44). The van der Waals surface area contributed by atoms with Gasteiger partial charge in [-0.25, -0.2) is 0 Å². The molecule has 1 aromatic rings. The fraction of sp³-hybridized carbons (Fsp3) is 0.850. The average molecular weight is 683 g/mol. The van der Waals surface area contributed by atoms with Gasteiger partial charge in [0.15, 0.2) is 0 Å². The van der Waals surface area contributed by atoms with E-state index in [9.17, 15) is 9.79 Å². The summed E-state index contributed by atoms with van der Waals surface area (Å²) in [6.45, 7) is 4.58. The van der Waals surface area contributed by atoms with Gasteiger partial charge in [0.2, 0.25) is 5.69 Å². The molecule has 2 N–H and O–H groups in total. The summed E-state index contributed by atoms with van der Waals surface area (Å²) in [5.41, 5.74) is -0.642. The van der Waals surface area contributed by atoms with Gasteiger partial charge >= 0.3 is 0 Å². The molecule has 0 fully saturated rings. The van der Waals surface area contributed by atoms with Crippen LogP contribution in [0, 0.1) is 0 Å². The molecular formula is C40H75O2PS2. The predicted molar refractivity (Wildman–Crippen MR) is 208 cm³/mol. The smallest absolute Gasteiger partial charge is 0.246 e. The van der Waals surface area contributed by atoms with Gasteiger partial charge in [0.25, 0.3) is 0 Å². The van der Waals surface area contributed by atoms with Crippen molar-refractivity contribution in [2.24, 2.45) is 0 Å². The number of rotatable bonds is 34. The Balaban J connectivity index is 2.15. The molecule has 0 saturated carbocycles. The zero-order valence-electron chi connectivity index (χ0n) is 30.0. The van der Waals surface area contributed by atoms with Crippen LogP contribution in [0.15, 0.2) is 23.1 Å². The van der Waals surface area contributed by atoms with Crippen LogP contribution in [0.5, 0.6) is 0 Å². The first kappa shape index (κ1) is 43.2. The average Bonchev–Trinajstić information content (AvgIpc) is 3.01. The Bertz CT molecular complexity index is 825. The minimum absolute atomic E-state index is 0.980. The largest absolute Gasteiger partial charge is 0.337 e. The van der Waals surface area contributed by atoms with Gasteiger partial charge in [0.05, 0.1) is 0 Å². The summed E-state index contributed by atoms with van der Waals surface area (Å²) in [4.78, 5) is 20.9. The first-order valence-corrected chi connectivity index (χ1v) is 24.0. The van der Waals surface area contributed by atoms with Crippen LogP contribution in [0.4, 0.5) is 0 Å². The second-order valence-electron chi connectivity index (χ2n) is 13.9. The minimum Gasteiger partial charge on any atom is -0.337 e. The van der Waals surface area contributed by atoms with E-state index in [1.807, 2.05) is 0 Å². The lowest BCUT2D eigenvalue weighted by Gasteiger charge is -2.14. The summed E-state index contributed by atoms with van der Waals surface area (Å²) in [5, 5.41) is 0. The first-order chi connectivity index (χ1) is 22.0. The zero-order valence-corrected chi connectivity index (χ0v) is 32.5. The van der Waals surface area contributed by atoms with Crippen molar-refractivity contribution in [3.8, 4) is 0 Å². The van der Waals surface area contributed by atoms with Gasteiger partial charge in [0, 0.05) is 4.90 Å². The van der Waals surface area contributed by atoms with Gasteiger partial charge in [-0.3, -0.25) is 0 Å². The van der Waals surface area contributed by atoms with E-state index in [4.69, 9.17) is 11.8 Å². The fourth-order valence-corrected chi connectivity index (χ4v) is 9.28. The topological polar surface area (TPSA) is 40.5 Å². The molecule has 0 aliphatic rings. The molecule has 45 heavy (non-hydrogen) atoms. The summed E-state index contributed by atoms with van der Waals surface area (Å²) in [6, 6.07) is 6.62. The van der Waals surface area contributed by atoms with E-state index in [2.05, 4.69) is 32.0 Å². The van der Waals surface area contributed by atoms with Crippen LogP contribution in [-0.2, 0) is 24.6 Å². The van der Waals surface area contributed by atoms with Crippen molar-refractivity contribution in [1.29, 1.82) is 0 Å². The summed E-state index contributed by atoms with van der Waals surface area (Å²) in [7, 11) is 0. The van der Waals surface area contributed by atoms with Crippen molar-refractivity contribution in [1.82, 2.24) is 0 Å². The molecule has 0 heterocycles. The maximum atomic E-state index is 9.97. The van der Waals surface area contributed by atoms with Crippen molar-refractivity contribution >= 4 is 28.9 Å². The molecule has 2 nitrogen and oxygen atoms in total. The Morgan fingerprint density at radius 3 is 1.11 bits per heavy atom. The molecule has 0 aliphatic heterocycles. The van der Waals surface area contributed by atoms with E-state index < -0.39 is 5.69 Å². The molecule has 0 unspecified atom stereocenters. The van der Waals surface area contributed by atoms with Crippen molar-refractivity contribution in [2.75, 3.05) is 0 Å². The number of hydrogen-bond acceptors (Lipinski definition) is 2. The molecular weight excluding hydrogens is 608 g/mol. The van der Waals surface area contributed by atoms with Gasteiger partial charge in [-0.15, -0.1) is 0 Å². The predicted octanol–water partition coefficient (Wildman–Crippen LogP) is 14.8. The Morgan fingerprint density at radius 1 is 0.467 bits per heavy atom. The second kappa shape index (κ2) is 31.4. The van der Waals surface area contributed by atoms with Crippen molar-refractivity contribution in [3.05, 3.63) is 29.3 Å².